The third kappa shape index (κ3) is 7.88. The molecule has 5 heteroatoms. The summed E-state index contributed by atoms with van der Waals surface area (Å²) in [5, 5.41) is 3.58. The molecule has 0 aromatic carbocycles. The van der Waals surface area contributed by atoms with E-state index in [-0.39, 0.29) is 6.17 Å². The molecule has 2 atom stereocenters. The monoisotopic (exact) mass is 337 g/mol. The van der Waals surface area contributed by atoms with Crippen LogP contribution in [0.1, 0.15) is 41.0 Å². The third-order valence-corrected chi connectivity index (χ3v) is 4.92. The molecule has 140 valence electrons. The summed E-state index contributed by atoms with van der Waals surface area (Å²) in [7, 11) is 0. The molecular formula is C19H39N5. The maximum atomic E-state index is 6.25. The van der Waals surface area contributed by atoms with Gasteiger partial charge in [0.1, 0.15) is 6.17 Å². The van der Waals surface area contributed by atoms with Crippen molar-refractivity contribution in [3.05, 3.63) is 12.2 Å². The lowest BCUT2D eigenvalue weighted by Crippen LogP contribution is -2.50. The van der Waals surface area contributed by atoms with E-state index in [0.29, 0.717) is 12.0 Å². The summed E-state index contributed by atoms with van der Waals surface area (Å²) < 4.78 is 0. The summed E-state index contributed by atoms with van der Waals surface area (Å²) in [6, 6.07) is 0.670. The Hall–Kier alpha value is -0.750. The molecule has 0 spiro atoms. The Morgan fingerprint density at radius 3 is 2.46 bits per heavy atom. The number of nitrogens with one attached hydrogen (secondary N) is 1. The molecule has 0 saturated carbocycles. The standard InChI is InChI=1S/C19H39N5/c1-6-8-17(5)22-19(20)18(7-2)15-21-9-10-23-11-13-24(14-12-23)16(3)4/h6,8,16,18-19,21H,7,9-15,20H2,1-5H3/b8-6-,22-17?. The van der Waals surface area contributed by atoms with E-state index >= 15 is 0 Å². The fourth-order valence-corrected chi connectivity index (χ4v) is 3.16. The topological polar surface area (TPSA) is 56.9 Å². The maximum Gasteiger partial charge on any atom is 0.101 e. The van der Waals surface area contributed by atoms with E-state index < -0.39 is 0 Å². The van der Waals surface area contributed by atoms with Crippen LogP contribution in [0.2, 0.25) is 0 Å². The zero-order valence-electron chi connectivity index (χ0n) is 16.5. The lowest BCUT2D eigenvalue weighted by Gasteiger charge is -2.37. The molecule has 0 aliphatic carbocycles. The van der Waals surface area contributed by atoms with Gasteiger partial charge in [-0.3, -0.25) is 14.8 Å². The van der Waals surface area contributed by atoms with Crippen molar-refractivity contribution in [3.63, 3.8) is 0 Å². The number of hydrogen-bond acceptors (Lipinski definition) is 5. The van der Waals surface area contributed by atoms with Crippen LogP contribution in [0.5, 0.6) is 0 Å². The van der Waals surface area contributed by atoms with Gasteiger partial charge in [-0.2, -0.15) is 0 Å². The van der Waals surface area contributed by atoms with Gasteiger partial charge >= 0.3 is 0 Å². The Bertz CT molecular complexity index is 383. The largest absolute Gasteiger partial charge is 0.315 e. The first-order valence-electron chi connectivity index (χ1n) is 9.57. The van der Waals surface area contributed by atoms with Gasteiger partial charge in [-0.15, -0.1) is 0 Å². The van der Waals surface area contributed by atoms with E-state index in [1.54, 1.807) is 0 Å². The highest BCUT2D eigenvalue weighted by molar-refractivity contribution is 5.92. The molecule has 1 saturated heterocycles. The van der Waals surface area contributed by atoms with Crippen LogP contribution in [0.3, 0.4) is 0 Å². The molecule has 1 aliphatic heterocycles. The second-order valence-electron chi connectivity index (χ2n) is 7.10. The lowest BCUT2D eigenvalue weighted by atomic mass is 10.0. The van der Waals surface area contributed by atoms with Gasteiger partial charge in [0, 0.05) is 63.5 Å². The SMILES string of the molecule is C/C=C\C(C)=NC(N)C(CC)CNCCN1CCN(C(C)C)CC1. The maximum absolute atomic E-state index is 6.25. The predicted molar refractivity (Wildman–Crippen MR) is 106 cm³/mol. The Balaban J connectivity index is 2.24. The first-order valence-corrected chi connectivity index (χ1v) is 9.57. The zero-order valence-corrected chi connectivity index (χ0v) is 16.5. The normalized spacial score (nSPS) is 20.9. The van der Waals surface area contributed by atoms with Crippen molar-refractivity contribution in [1.82, 2.24) is 15.1 Å². The van der Waals surface area contributed by atoms with E-state index in [2.05, 4.69) is 40.9 Å². The Morgan fingerprint density at radius 1 is 1.25 bits per heavy atom. The van der Waals surface area contributed by atoms with E-state index in [1.807, 2.05) is 26.0 Å². The minimum Gasteiger partial charge on any atom is -0.315 e. The summed E-state index contributed by atoms with van der Waals surface area (Å²) in [4.78, 5) is 9.70. The number of rotatable bonds is 10. The van der Waals surface area contributed by atoms with Crippen molar-refractivity contribution < 1.29 is 0 Å². The van der Waals surface area contributed by atoms with Crippen LogP contribution in [0.15, 0.2) is 17.1 Å². The van der Waals surface area contributed by atoms with Crippen molar-refractivity contribution in [2.45, 2.75) is 53.2 Å². The minimum absolute atomic E-state index is 0.117. The van der Waals surface area contributed by atoms with Crippen LogP contribution in [-0.2, 0) is 0 Å². The Kier molecular flexibility index (Phi) is 10.4. The first kappa shape index (κ1) is 21.3. The van der Waals surface area contributed by atoms with Crippen molar-refractivity contribution in [2.75, 3.05) is 45.8 Å². The van der Waals surface area contributed by atoms with E-state index in [4.69, 9.17) is 5.73 Å². The fraction of sp³-hybridized carbons (Fsp3) is 0.842. The molecule has 1 fully saturated rings. The molecule has 0 radical (unpaired) electrons. The van der Waals surface area contributed by atoms with E-state index in [9.17, 15) is 0 Å². The molecule has 5 nitrogen and oxygen atoms in total. The number of nitrogens with zero attached hydrogens (tertiary/aromatic N) is 3. The average molecular weight is 338 g/mol. The van der Waals surface area contributed by atoms with Crippen LogP contribution >= 0.6 is 0 Å². The summed E-state index contributed by atoms with van der Waals surface area (Å²) >= 11 is 0. The second-order valence-corrected chi connectivity index (χ2v) is 7.10. The highest BCUT2D eigenvalue weighted by atomic mass is 15.3. The van der Waals surface area contributed by atoms with Crippen LogP contribution in [-0.4, -0.2) is 73.5 Å². The van der Waals surface area contributed by atoms with Crippen LogP contribution in [0.25, 0.3) is 0 Å². The molecule has 3 N–H and O–H groups in total. The van der Waals surface area contributed by atoms with Gasteiger partial charge < -0.3 is 11.1 Å². The summed E-state index contributed by atoms with van der Waals surface area (Å²) in [6.07, 6.45) is 4.95. The lowest BCUT2D eigenvalue weighted by molar-refractivity contribution is 0.109. The molecule has 24 heavy (non-hydrogen) atoms. The predicted octanol–water partition coefficient (Wildman–Crippen LogP) is 1.95. The van der Waals surface area contributed by atoms with Gasteiger partial charge in [-0.25, -0.2) is 0 Å². The third-order valence-electron chi connectivity index (χ3n) is 4.92. The molecule has 1 aliphatic rings. The van der Waals surface area contributed by atoms with Gasteiger partial charge in [0.2, 0.25) is 0 Å². The zero-order chi connectivity index (χ0) is 17.9. The minimum atomic E-state index is -0.117. The van der Waals surface area contributed by atoms with Crippen molar-refractivity contribution >= 4 is 5.71 Å². The van der Waals surface area contributed by atoms with Crippen molar-refractivity contribution in [2.24, 2.45) is 16.6 Å². The smallest absolute Gasteiger partial charge is 0.101 e. The number of aliphatic imine (C=N–C) groups is 1. The van der Waals surface area contributed by atoms with Crippen molar-refractivity contribution in [3.8, 4) is 0 Å². The number of hydrogen-bond donors (Lipinski definition) is 2. The Labute approximate surface area is 149 Å². The summed E-state index contributed by atoms with van der Waals surface area (Å²) in [5.74, 6) is 0.392. The van der Waals surface area contributed by atoms with Gasteiger partial charge in [-0.1, -0.05) is 13.0 Å². The molecule has 1 heterocycles. The molecule has 0 bridgehead atoms. The molecule has 0 aromatic heterocycles. The van der Waals surface area contributed by atoms with Gasteiger partial charge in [0.25, 0.3) is 0 Å². The summed E-state index contributed by atoms with van der Waals surface area (Å²) in [6.45, 7) is 18.6. The van der Waals surface area contributed by atoms with Crippen molar-refractivity contribution in [1.29, 1.82) is 0 Å². The van der Waals surface area contributed by atoms with Gasteiger partial charge in [-0.05, 0) is 40.2 Å². The number of allylic oxidation sites excluding steroid dienone is 2. The van der Waals surface area contributed by atoms with Crippen LogP contribution in [0, 0.1) is 5.92 Å². The summed E-state index contributed by atoms with van der Waals surface area (Å²) in [5.41, 5.74) is 7.26. The first-order chi connectivity index (χ1) is 11.5. The second kappa shape index (κ2) is 11.7. The average Bonchev–Trinajstić information content (AvgIpc) is 2.55. The molecule has 1 rings (SSSR count). The van der Waals surface area contributed by atoms with E-state index in [0.717, 1.165) is 31.8 Å². The van der Waals surface area contributed by atoms with Gasteiger partial charge in [0.05, 0.1) is 0 Å². The molecule has 0 amide bonds. The highest BCUT2D eigenvalue weighted by Crippen LogP contribution is 2.08. The number of piperazine rings is 1. The number of nitrogens with two attached hydrogens (primary N) is 1. The fourth-order valence-electron chi connectivity index (χ4n) is 3.16. The molecular weight excluding hydrogens is 298 g/mol. The van der Waals surface area contributed by atoms with Crippen LogP contribution in [0.4, 0.5) is 0 Å². The molecule has 0 aromatic rings. The Morgan fingerprint density at radius 2 is 1.92 bits per heavy atom. The molecule has 2 unspecified atom stereocenters. The quantitative estimate of drug-likeness (QED) is 0.472. The van der Waals surface area contributed by atoms with Crippen LogP contribution < -0.4 is 11.1 Å². The van der Waals surface area contributed by atoms with Gasteiger partial charge in [0.15, 0.2) is 0 Å². The van der Waals surface area contributed by atoms with E-state index in [1.165, 1.54) is 26.2 Å². The highest BCUT2D eigenvalue weighted by Gasteiger charge is 2.18.